The molecule has 3 aromatic carbocycles. The van der Waals surface area contributed by atoms with Crippen molar-refractivity contribution in [1.29, 1.82) is 0 Å². The predicted molar refractivity (Wildman–Crippen MR) is 153 cm³/mol. The van der Waals surface area contributed by atoms with Gasteiger partial charge >= 0.3 is 6.03 Å². The van der Waals surface area contributed by atoms with Crippen LogP contribution in [0.2, 0.25) is 0 Å². The van der Waals surface area contributed by atoms with Crippen molar-refractivity contribution in [3.05, 3.63) is 102 Å². The molecule has 1 aliphatic heterocycles. The van der Waals surface area contributed by atoms with E-state index >= 15 is 0 Å². The predicted octanol–water partition coefficient (Wildman–Crippen LogP) is 6.43. The molecule has 0 unspecified atom stereocenters. The highest BCUT2D eigenvalue weighted by Crippen LogP contribution is 2.29. The van der Waals surface area contributed by atoms with Gasteiger partial charge < -0.3 is 9.30 Å². The Morgan fingerprint density at radius 1 is 0.975 bits per heavy atom. The Morgan fingerprint density at radius 2 is 1.70 bits per heavy atom. The fraction of sp³-hybridized carbons (Fsp3) is 0.219. The zero-order valence-electron chi connectivity index (χ0n) is 22.4. The van der Waals surface area contributed by atoms with E-state index in [4.69, 9.17) is 4.74 Å². The van der Waals surface area contributed by atoms with E-state index in [1.54, 1.807) is 0 Å². The Morgan fingerprint density at radius 3 is 2.48 bits per heavy atom. The van der Waals surface area contributed by atoms with Crippen LogP contribution >= 0.6 is 0 Å². The molecule has 204 valence electrons. The summed E-state index contributed by atoms with van der Waals surface area (Å²) in [5, 5.41) is 3.08. The number of nitrogens with zero attached hydrogens (tertiary/aromatic N) is 2. The largest absolute Gasteiger partial charge is 0.493 e. The van der Waals surface area contributed by atoms with E-state index < -0.39 is 23.7 Å². The van der Waals surface area contributed by atoms with Gasteiger partial charge in [-0.25, -0.2) is 14.1 Å². The number of aryl methyl sites for hydroxylation is 1. The molecule has 1 aromatic heterocycles. The number of rotatable bonds is 9. The van der Waals surface area contributed by atoms with Crippen LogP contribution in [0.25, 0.3) is 17.0 Å². The number of anilines is 1. The van der Waals surface area contributed by atoms with E-state index in [0.29, 0.717) is 24.6 Å². The molecule has 4 amide bonds. The van der Waals surface area contributed by atoms with Gasteiger partial charge in [-0.05, 0) is 66.8 Å². The zero-order chi connectivity index (χ0) is 28.2. The number of hydrogen-bond donors (Lipinski definition) is 1. The first-order chi connectivity index (χ1) is 19.4. The van der Waals surface area contributed by atoms with Crippen molar-refractivity contribution < 1.29 is 23.5 Å². The summed E-state index contributed by atoms with van der Waals surface area (Å²) in [6.07, 6.45) is 5.17. The number of aromatic nitrogens is 1. The van der Waals surface area contributed by atoms with Crippen molar-refractivity contribution in [2.75, 3.05) is 11.5 Å². The van der Waals surface area contributed by atoms with Crippen LogP contribution in [0.5, 0.6) is 5.75 Å². The van der Waals surface area contributed by atoms with Crippen LogP contribution in [0.1, 0.15) is 43.7 Å². The van der Waals surface area contributed by atoms with Gasteiger partial charge in [0, 0.05) is 29.2 Å². The smallest absolute Gasteiger partial charge is 0.335 e. The van der Waals surface area contributed by atoms with Gasteiger partial charge in [0.25, 0.3) is 11.8 Å². The number of urea groups is 1. The first-order valence-corrected chi connectivity index (χ1v) is 13.3. The SMILES string of the molecule is CC[C@@H](C)c1ccccc1OCCCn1cc(/C=C2/C(=O)NC(=O)N(c3ccc(F)cc3)C2=O)c2ccccc21. The summed E-state index contributed by atoms with van der Waals surface area (Å²) in [7, 11) is 0. The maximum atomic E-state index is 13.4. The summed E-state index contributed by atoms with van der Waals surface area (Å²) in [5.41, 5.74) is 2.81. The number of benzene rings is 3. The van der Waals surface area contributed by atoms with Crippen molar-refractivity contribution in [1.82, 2.24) is 9.88 Å². The van der Waals surface area contributed by atoms with E-state index in [9.17, 15) is 18.8 Å². The molecule has 1 saturated heterocycles. The molecule has 7 nitrogen and oxygen atoms in total. The molecule has 0 spiro atoms. The second-order valence-corrected chi connectivity index (χ2v) is 9.78. The number of barbiturate groups is 1. The first kappa shape index (κ1) is 26.9. The summed E-state index contributed by atoms with van der Waals surface area (Å²) in [6, 6.07) is 19.9. The summed E-state index contributed by atoms with van der Waals surface area (Å²) >= 11 is 0. The summed E-state index contributed by atoms with van der Waals surface area (Å²) in [4.78, 5) is 39.3. The molecule has 40 heavy (non-hydrogen) atoms. The fourth-order valence-corrected chi connectivity index (χ4v) is 4.87. The van der Waals surface area contributed by atoms with Crippen LogP contribution in [0.15, 0.2) is 84.6 Å². The molecule has 4 aromatic rings. The number of halogens is 1. The highest BCUT2D eigenvalue weighted by Gasteiger charge is 2.37. The van der Waals surface area contributed by atoms with Gasteiger partial charge in [-0.1, -0.05) is 50.2 Å². The van der Waals surface area contributed by atoms with Crippen LogP contribution in [0.3, 0.4) is 0 Å². The Bertz CT molecular complexity index is 1610. The minimum absolute atomic E-state index is 0.166. The molecule has 1 fully saturated rings. The van der Waals surface area contributed by atoms with Gasteiger partial charge in [-0.2, -0.15) is 0 Å². The number of hydrogen-bond acceptors (Lipinski definition) is 4. The van der Waals surface area contributed by atoms with Gasteiger partial charge in [-0.15, -0.1) is 0 Å². The molecule has 0 aliphatic carbocycles. The van der Waals surface area contributed by atoms with Gasteiger partial charge in [0.2, 0.25) is 0 Å². The summed E-state index contributed by atoms with van der Waals surface area (Å²) in [6.45, 7) is 5.55. The lowest BCUT2D eigenvalue weighted by Crippen LogP contribution is -2.54. The Kier molecular flexibility index (Phi) is 7.77. The van der Waals surface area contributed by atoms with Crippen molar-refractivity contribution in [3.8, 4) is 5.75 Å². The van der Waals surface area contributed by atoms with Crippen molar-refractivity contribution in [3.63, 3.8) is 0 Å². The number of amides is 4. The van der Waals surface area contributed by atoms with Crippen LogP contribution in [-0.4, -0.2) is 29.0 Å². The second kappa shape index (κ2) is 11.6. The average molecular weight is 540 g/mol. The first-order valence-electron chi connectivity index (χ1n) is 13.3. The van der Waals surface area contributed by atoms with Gasteiger partial charge in [0.15, 0.2) is 0 Å². The second-order valence-electron chi connectivity index (χ2n) is 9.78. The van der Waals surface area contributed by atoms with E-state index in [0.717, 1.165) is 46.5 Å². The number of imide groups is 2. The fourth-order valence-electron chi connectivity index (χ4n) is 4.87. The number of para-hydroxylation sites is 2. The molecule has 8 heteroatoms. The van der Waals surface area contributed by atoms with Gasteiger partial charge in [0.1, 0.15) is 17.1 Å². The Hall–Kier alpha value is -4.72. The third-order valence-electron chi connectivity index (χ3n) is 7.17. The number of ether oxygens (including phenoxy) is 1. The zero-order valence-corrected chi connectivity index (χ0v) is 22.4. The summed E-state index contributed by atoms with van der Waals surface area (Å²) in [5.74, 6) is -0.738. The Labute approximate surface area is 231 Å². The minimum Gasteiger partial charge on any atom is -0.493 e. The maximum absolute atomic E-state index is 13.4. The van der Waals surface area contributed by atoms with E-state index in [2.05, 4.69) is 29.8 Å². The highest BCUT2D eigenvalue weighted by atomic mass is 19.1. The van der Waals surface area contributed by atoms with Crippen LogP contribution in [0.4, 0.5) is 14.9 Å². The molecule has 2 heterocycles. The lowest BCUT2D eigenvalue weighted by Gasteiger charge is -2.26. The number of carbonyl (C=O) groups is 3. The third kappa shape index (κ3) is 5.38. The van der Waals surface area contributed by atoms with Crippen molar-refractivity contribution in [2.45, 2.75) is 39.2 Å². The molecule has 0 saturated carbocycles. The normalized spacial score (nSPS) is 15.5. The van der Waals surface area contributed by atoms with Crippen LogP contribution < -0.4 is 15.0 Å². The molecule has 1 aliphatic rings. The lowest BCUT2D eigenvalue weighted by molar-refractivity contribution is -0.122. The monoisotopic (exact) mass is 539 g/mol. The molecule has 0 radical (unpaired) electrons. The topological polar surface area (TPSA) is 80.6 Å². The number of fused-ring (bicyclic) bond motifs is 1. The maximum Gasteiger partial charge on any atom is 0.335 e. The third-order valence-corrected chi connectivity index (χ3v) is 7.17. The lowest BCUT2D eigenvalue weighted by atomic mass is 9.98. The van der Waals surface area contributed by atoms with Crippen LogP contribution in [-0.2, 0) is 16.1 Å². The summed E-state index contributed by atoms with van der Waals surface area (Å²) < 4.78 is 21.6. The highest BCUT2D eigenvalue weighted by molar-refractivity contribution is 6.39. The van der Waals surface area contributed by atoms with E-state index in [1.165, 1.54) is 23.8 Å². The van der Waals surface area contributed by atoms with Crippen LogP contribution in [0, 0.1) is 5.82 Å². The minimum atomic E-state index is -0.879. The molecule has 1 atom stereocenters. The molecular formula is C32H30FN3O4. The quantitative estimate of drug-likeness (QED) is 0.151. The molecule has 1 N–H and O–H groups in total. The van der Waals surface area contributed by atoms with Crippen molar-refractivity contribution >= 4 is 40.5 Å². The molecule has 0 bridgehead atoms. The average Bonchev–Trinajstić information content (AvgIpc) is 3.31. The van der Waals surface area contributed by atoms with Gasteiger partial charge in [-0.3, -0.25) is 14.9 Å². The van der Waals surface area contributed by atoms with E-state index in [-0.39, 0.29) is 11.3 Å². The standard InChI is InChI=1S/C32H30FN3O4/c1-3-21(2)25-9-5-7-12-29(25)40-18-8-17-35-20-22(26-10-4-6-11-28(26)35)19-27-30(37)34-32(39)36(31(27)38)24-15-13-23(33)14-16-24/h4-7,9-16,19-21H,3,8,17-18H2,1-2H3,(H,34,37,39)/b27-19-/t21-/m1/s1. The van der Waals surface area contributed by atoms with E-state index in [1.807, 2.05) is 48.7 Å². The molecule has 5 rings (SSSR count). The van der Waals surface area contributed by atoms with Gasteiger partial charge in [0.05, 0.1) is 12.3 Å². The van der Waals surface area contributed by atoms with Crippen molar-refractivity contribution in [2.24, 2.45) is 0 Å². The number of nitrogens with one attached hydrogen (secondary N) is 1. The Balaban J connectivity index is 1.37. The number of carbonyl (C=O) groups excluding carboxylic acids is 3. The molecular weight excluding hydrogens is 509 g/mol.